The van der Waals surface area contributed by atoms with Gasteiger partial charge in [-0.25, -0.2) is 9.97 Å². The van der Waals surface area contributed by atoms with Crippen LogP contribution >= 0.6 is 0 Å². The lowest BCUT2D eigenvalue weighted by Crippen LogP contribution is -2.41. The summed E-state index contributed by atoms with van der Waals surface area (Å²) in [4.78, 5) is 21.7. The maximum Gasteiger partial charge on any atom is 0.307 e. The molecular weight excluding hydrogens is 230 g/mol. The molecule has 5 nitrogen and oxygen atoms in total. The van der Waals surface area contributed by atoms with E-state index in [-0.39, 0.29) is 12.0 Å². The number of carbonyl (C=O) groups excluding carboxylic acids is 1. The summed E-state index contributed by atoms with van der Waals surface area (Å²) in [6, 6.07) is 2.04. The van der Waals surface area contributed by atoms with Gasteiger partial charge in [-0.15, -0.1) is 0 Å². The molecule has 97 valence electrons. The minimum atomic E-state index is -0.132. The largest absolute Gasteiger partial charge is 0.466 e. The van der Waals surface area contributed by atoms with Gasteiger partial charge in [-0.05, 0) is 32.3 Å². The SMILES string of the molecule is CCOC(=O)CC1CCCCN1c1ccn[c]n1. The summed E-state index contributed by atoms with van der Waals surface area (Å²) in [7, 11) is 0. The van der Waals surface area contributed by atoms with Gasteiger partial charge in [0.15, 0.2) is 6.33 Å². The fourth-order valence-corrected chi connectivity index (χ4v) is 2.34. The number of rotatable bonds is 4. The molecule has 1 aliphatic rings. The van der Waals surface area contributed by atoms with E-state index >= 15 is 0 Å². The lowest BCUT2D eigenvalue weighted by Gasteiger charge is -2.35. The van der Waals surface area contributed by atoms with Gasteiger partial charge in [0.05, 0.1) is 13.0 Å². The molecule has 0 amide bonds. The Morgan fingerprint density at radius 2 is 2.50 bits per heavy atom. The van der Waals surface area contributed by atoms with E-state index in [1.807, 2.05) is 13.0 Å². The molecular formula is C13H18N3O2. The number of ether oxygens (including phenoxy) is 1. The lowest BCUT2D eigenvalue weighted by atomic mass is 9.99. The molecule has 0 saturated carbocycles. The zero-order valence-corrected chi connectivity index (χ0v) is 10.6. The van der Waals surface area contributed by atoms with Crippen LogP contribution in [0.3, 0.4) is 0 Å². The average Bonchev–Trinajstić information content (AvgIpc) is 2.40. The Morgan fingerprint density at radius 1 is 1.61 bits per heavy atom. The van der Waals surface area contributed by atoms with Crippen LogP contribution < -0.4 is 4.90 Å². The van der Waals surface area contributed by atoms with Crippen molar-refractivity contribution in [2.45, 2.75) is 38.6 Å². The number of esters is 1. The van der Waals surface area contributed by atoms with E-state index in [0.29, 0.717) is 13.0 Å². The predicted molar refractivity (Wildman–Crippen MR) is 67.1 cm³/mol. The van der Waals surface area contributed by atoms with Gasteiger partial charge < -0.3 is 9.64 Å². The van der Waals surface area contributed by atoms with Gasteiger partial charge in [-0.3, -0.25) is 4.79 Å². The zero-order valence-electron chi connectivity index (χ0n) is 10.6. The molecule has 5 heteroatoms. The smallest absolute Gasteiger partial charge is 0.307 e. The van der Waals surface area contributed by atoms with E-state index in [1.165, 1.54) is 0 Å². The fraction of sp³-hybridized carbons (Fsp3) is 0.615. The van der Waals surface area contributed by atoms with E-state index in [4.69, 9.17) is 4.74 Å². The number of anilines is 1. The van der Waals surface area contributed by atoms with Crippen molar-refractivity contribution in [3.05, 3.63) is 18.6 Å². The summed E-state index contributed by atoms with van der Waals surface area (Å²) in [5.41, 5.74) is 0. The molecule has 1 aliphatic heterocycles. The van der Waals surface area contributed by atoms with Crippen molar-refractivity contribution in [1.29, 1.82) is 0 Å². The number of carbonyl (C=O) groups is 1. The second-order valence-corrected chi connectivity index (χ2v) is 4.37. The molecule has 2 rings (SSSR count). The van der Waals surface area contributed by atoms with E-state index in [1.54, 1.807) is 6.20 Å². The van der Waals surface area contributed by atoms with Gasteiger partial charge in [-0.1, -0.05) is 0 Å². The van der Waals surface area contributed by atoms with Crippen LogP contribution in [0, 0.1) is 6.33 Å². The molecule has 1 radical (unpaired) electrons. The number of piperidine rings is 1. The summed E-state index contributed by atoms with van der Waals surface area (Å²) in [6.07, 6.45) is 7.99. The predicted octanol–water partition coefficient (Wildman–Crippen LogP) is 1.59. The molecule has 1 fully saturated rings. The van der Waals surface area contributed by atoms with E-state index in [2.05, 4.69) is 21.2 Å². The molecule has 1 saturated heterocycles. The molecule has 0 bridgehead atoms. The number of nitrogens with zero attached hydrogens (tertiary/aromatic N) is 3. The third-order valence-corrected chi connectivity index (χ3v) is 3.15. The summed E-state index contributed by atoms with van der Waals surface area (Å²) in [6.45, 7) is 3.19. The first-order valence-electron chi connectivity index (χ1n) is 6.42. The van der Waals surface area contributed by atoms with Crippen LogP contribution in [0.15, 0.2) is 12.3 Å². The Balaban J connectivity index is 2.04. The van der Waals surface area contributed by atoms with Crippen LogP contribution in [0.5, 0.6) is 0 Å². The van der Waals surface area contributed by atoms with Crippen molar-refractivity contribution in [2.24, 2.45) is 0 Å². The van der Waals surface area contributed by atoms with E-state index in [0.717, 1.165) is 31.6 Å². The highest BCUT2D eigenvalue weighted by atomic mass is 16.5. The average molecular weight is 248 g/mol. The lowest BCUT2D eigenvalue weighted by molar-refractivity contribution is -0.143. The molecule has 0 aliphatic carbocycles. The van der Waals surface area contributed by atoms with Crippen LogP contribution in [0.4, 0.5) is 5.82 Å². The Labute approximate surface area is 107 Å². The maximum atomic E-state index is 11.6. The second kappa shape index (κ2) is 6.33. The molecule has 1 aromatic heterocycles. The highest BCUT2D eigenvalue weighted by Gasteiger charge is 2.26. The van der Waals surface area contributed by atoms with Gasteiger partial charge in [0.1, 0.15) is 5.82 Å². The maximum absolute atomic E-state index is 11.6. The number of aromatic nitrogens is 2. The minimum absolute atomic E-state index is 0.132. The number of hydrogen-bond donors (Lipinski definition) is 0. The Morgan fingerprint density at radius 3 is 3.22 bits per heavy atom. The molecule has 1 unspecified atom stereocenters. The van der Waals surface area contributed by atoms with Crippen molar-refractivity contribution in [3.8, 4) is 0 Å². The Kier molecular flexibility index (Phi) is 4.50. The number of hydrogen-bond acceptors (Lipinski definition) is 5. The van der Waals surface area contributed by atoms with Crippen LogP contribution in [0.25, 0.3) is 0 Å². The normalized spacial score (nSPS) is 19.6. The fourth-order valence-electron chi connectivity index (χ4n) is 2.34. The topological polar surface area (TPSA) is 55.3 Å². The van der Waals surface area contributed by atoms with Gasteiger partial charge in [0.2, 0.25) is 0 Å². The third-order valence-electron chi connectivity index (χ3n) is 3.15. The first kappa shape index (κ1) is 12.8. The molecule has 0 aromatic carbocycles. The van der Waals surface area contributed by atoms with Crippen molar-refractivity contribution in [3.63, 3.8) is 0 Å². The first-order chi connectivity index (χ1) is 8.81. The zero-order chi connectivity index (χ0) is 12.8. The second-order valence-electron chi connectivity index (χ2n) is 4.37. The van der Waals surface area contributed by atoms with E-state index in [9.17, 15) is 4.79 Å². The van der Waals surface area contributed by atoms with Crippen molar-refractivity contribution < 1.29 is 9.53 Å². The molecule has 0 spiro atoms. The molecule has 18 heavy (non-hydrogen) atoms. The summed E-state index contributed by atoms with van der Waals surface area (Å²) < 4.78 is 5.02. The summed E-state index contributed by atoms with van der Waals surface area (Å²) >= 11 is 0. The van der Waals surface area contributed by atoms with Crippen molar-refractivity contribution in [1.82, 2.24) is 9.97 Å². The van der Waals surface area contributed by atoms with Crippen molar-refractivity contribution in [2.75, 3.05) is 18.1 Å². The Bertz CT molecular complexity index is 383. The minimum Gasteiger partial charge on any atom is -0.466 e. The Hall–Kier alpha value is -1.65. The van der Waals surface area contributed by atoms with Crippen LogP contribution in [0.1, 0.15) is 32.6 Å². The van der Waals surface area contributed by atoms with Crippen LogP contribution in [-0.2, 0) is 9.53 Å². The van der Waals surface area contributed by atoms with Gasteiger partial charge in [0, 0.05) is 18.8 Å². The molecule has 0 N–H and O–H groups in total. The third kappa shape index (κ3) is 3.18. The highest BCUT2D eigenvalue weighted by Crippen LogP contribution is 2.24. The standard InChI is InChI=1S/C13H18N3O2/c1-2-18-13(17)9-11-5-3-4-8-16(11)12-6-7-14-10-15-12/h6-7,11H,2-5,8-9H2,1H3. The van der Waals surface area contributed by atoms with Gasteiger partial charge in [0.25, 0.3) is 0 Å². The summed E-state index contributed by atoms with van der Waals surface area (Å²) in [5, 5.41) is 0. The molecule has 2 heterocycles. The van der Waals surface area contributed by atoms with Gasteiger partial charge in [-0.2, -0.15) is 0 Å². The quantitative estimate of drug-likeness (QED) is 0.757. The van der Waals surface area contributed by atoms with E-state index < -0.39 is 0 Å². The van der Waals surface area contributed by atoms with Gasteiger partial charge >= 0.3 is 5.97 Å². The first-order valence-corrected chi connectivity index (χ1v) is 6.42. The monoisotopic (exact) mass is 248 g/mol. The molecule has 1 atom stereocenters. The van der Waals surface area contributed by atoms with Crippen LogP contribution in [0.2, 0.25) is 0 Å². The van der Waals surface area contributed by atoms with Crippen molar-refractivity contribution >= 4 is 11.8 Å². The molecule has 1 aromatic rings. The van der Waals surface area contributed by atoms with Crippen LogP contribution in [-0.4, -0.2) is 35.1 Å². The summed E-state index contributed by atoms with van der Waals surface area (Å²) in [5.74, 6) is 0.714. The highest BCUT2D eigenvalue weighted by molar-refractivity contribution is 5.70.